The first-order valence-electron chi connectivity index (χ1n) is 6.57. The third-order valence-corrected chi connectivity index (χ3v) is 3.34. The zero-order chi connectivity index (χ0) is 14.7. The third kappa shape index (κ3) is 2.74. The van der Waals surface area contributed by atoms with Crippen molar-refractivity contribution in [1.29, 1.82) is 0 Å². The van der Waals surface area contributed by atoms with Gasteiger partial charge in [0, 0.05) is 12.1 Å². The number of aromatic nitrogens is 2. The number of nitrogens with zero attached hydrogens (tertiary/aromatic N) is 2. The molecule has 0 atom stereocenters. The Morgan fingerprint density at radius 1 is 1.14 bits per heavy atom. The predicted octanol–water partition coefficient (Wildman–Crippen LogP) is 3.55. The SMILES string of the molecule is O=Cc1cncn1Cc1ccc(-c2ccccc2)c(F)c1. The van der Waals surface area contributed by atoms with Crippen LogP contribution < -0.4 is 0 Å². The minimum Gasteiger partial charge on any atom is -0.324 e. The van der Waals surface area contributed by atoms with Gasteiger partial charge in [-0.1, -0.05) is 42.5 Å². The summed E-state index contributed by atoms with van der Waals surface area (Å²) in [4.78, 5) is 14.8. The van der Waals surface area contributed by atoms with Crippen molar-refractivity contribution in [2.24, 2.45) is 0 Å². The third-order valence-electron chi connectivity index (χ3n) is 3.34. The van der Waals surface area contributed by atoms with Gasteiger partial charge in [0.1, 0.15) is 11.5 Å². The summed E-state index contributed by atoms with van der Waals surface area (Å²) in [6.07, 6.45) is 3.79. The van der Waals surface area contributed by atoms with Crippen LogP contribution in [0.25, 0.3) is 11.1 Å². The van der Waals surface area contributed by atoms with E-state index in [4.69, 9.17) is 0 Å². The van der Waals surface area contributed by atoms with E-state index >= 15 is 0 Å². The van der Waals surface area contributed by atoms with E-state index in [1.807, 2.05) is 36.4 Å². The van der Waals surface area contributed by atoms with Gasteiger partial charge in [0.15, 0.2) is 6.29 Å². The van der Waals surface area contributed by atoms with Crippen molar-refractivity contribution in [3.63, 3.8) is 0 Å². The van der Waals surface area contributed by atoms with Gasteiger partial charge in [0.2, 0.25) is 0 Å². The summed E-state index contributed by atoms with van der Waals surface area (Å²) in [5.74, 6) is -0.272. The second-order valence-corrected chi connectivity index (χ2v) is 4.74. The smallest absolute Gasteiger partial charge is 0.168 e. The molecular formula is C17H13FN2O. The van der Waals surface area contributed by atoms with Crippen molar-refractivity contribution in [2.75, 3.05) is 0 Å². The van der Waals surface area contributed by atoms with Crippen molar-refractivity contribution < 1.29 is 9.18 Å². The van der Waals surface area contributed by atoms with Crippen LogP contribution >= 0.6 is 0 Å². The molecule has 1 aromatic heterocycles. The second kappa shape index (κ2) is 5.71. The van der Waals surface area contributed by atoms with Crippen molar-refractivity contribution in [1.82, 2.24) is 9.55 Å². The number of rotatable bonds is 4. The Labute approximate surface area is 121 Å². The number of carbonyl (C=O) groups is 1. The number of benzene rings is 2. The highest BCUT2D eigenvalue weighted by Crippen LogP contribution is 2.23. The molecule has 0 bridgehead atoms. The van der Waals surface area contributed by atoms with Gasteiger partial charge in [-0.2, -0.15) is 0 Å². The summed E-state index contributed by atoms with van der Waals surface area (Å²) < 4.78 is 15.9. The number of hydrogen-bond acceptors (Lipinski definition) is 2. The molecule has 0 fully saturated rings. The fourth-order valence-electron chi connectivity index (χ4n) is 2.27. The average Bonchev–Trinajstić information content (AvgIpc) is 2.95. The van der Waals surface area contributed by atoms with Crippen molar-refractivity contribution >= 4 is 6.29 Å². The van der Waals surface area contributed by atoms with Crippen LogP contribution in [0.3, 0.4) is 0 Å². The Balaban J connectivity index is 1.90. The lowest BCUT2D eigenvalue weighted by Gasteiger charge is -2.08. The molecule has 0 saturated heterocycles. The van der Waals surface area contributed by atoms with Crippen molar-refractivity contribution in [2.45, 2.75) is 6.54 Å². The molecule has 0 aliphatic carbocycles. The van der Waals surface area contributed by atoms with Gasteiger partial charge in [-0.3, -0.25) is 4.79 Å². The first-order valence-corrected chi connectivity index (χ1v) is 6.57. The van der Waals surface area contributed by atoms with Gasteiger partial charge >= 0.3 is 0 Å². The number of carbonyl (C=O) groups excluding carboxylic acids is 1. The second-order valence-electron chi connectivity index (χ2n) is 4.74. The van der Waals surface area contributed by atoms with Crippen LogP contribution in [0.5, 0.6) is 0 Å². The first-order chi connectivity index (χ1) is 10.3. The van der Waals surface area contributed by atoms with Crippen LogP contribution in [-0.2, 0) is 6.54 Å². The molecule has 1 heterocycles. The minimum atomic E-state index is -0.272. The molecule has 3 rings (SSSR count). The molecule has 0 amide bonds. The fraction of sp³-hybridized carbons (Fsp3) is 0.0588. The normalized spacial score (nSPS) is 10.5. The van der Waals surface area contributed by atoms with Gasteiger partial charge in [0.25, 0.3) is 0 Å². The van der Waals surface area contributed by atoms with Gasteiger partial charge in [-0.15, -0.1) is 0 Å². The Morgan fingerprint density at radius 2 is 1.95 bits per heavy atom. The standard InChI is InChI=1S/C17H13FN2O/c18-17-8-13(10-20-12-19-9-15(20)11-21)6-7-16(17)14-4-2-1-3-5-14/h1-9,11-12H,10H2. The van der Waals surface area contributed by atoms with E-state index in [1.54, 1.807) is 17.0 Å². The van der Waals surface area contributed by atoms with E-state index in [9.17, 15) is 9.18 Å². The van der Waals surface area contributed by atoms with Gasteiger partial charge in [0.05, 0.1) is 12.5 Å². The number of halogens is 1. The molecule has 0 aliphatic rings. The lowest BCUT2D eigenvalue weighted by molar-refractivity contribution is 0.111. The molecule has 2 aromatic carbocycles. The van der Waals surface area contributed by atoms with Gasteiger partial charge < -0.3 is 4.57 Å². The molecule has 3 aromatic rings. The highest BCUT2D eigenvalue weighted by Gasteiger charge is 2.07. The van der Waals surface area contributed by atoms with E-state index < -0.39 is 0 Å². The van der Waals surface area contributed by atoms with Crippen LogP contribution in [0.2, 0.25) is 0 Å². The quantitative estimate of drug-likeness (QED) is 0.685. The molecule has 0 radical (unpaired) electrons. The summed E-state index contributed by atoms with van der Waals surface area (Å²) in [5.41, 5.74) is 2.68. The summed E-state index contributed by atoms with van der Waals surface area (Å²) in [5, 5.41) is 0. The van der Waals surface area contributed by atoms with Gasteiger partial charge in [-0.25, -0.2) is 9.37 Å². The Kier molecular flexibility index (Phi) is 3.60. The van der Waals surface area contributed by atoms with E-state index in [2.05, 4.69) is 4.98 Å². The minimum absolute atomic E-state index is 0.272. The Hall–Kier alpha value is -2.75. The maximum atomic E-state index is 14.3. The van der Waals surface area contributed by atoms with E-state index in [-0.39, 0.29) is 5.82 Å². The van der Waals surface area contributed by atoms with Crippen LogP contribution in [0.15, 0.2) is 61.1 Å². The monoisotopic (exact) mass is 280 g/mol. The molecule has 3 nitrogen and oxygen atoms in total. The maximum absolute atomic E-state index is 14.3. The molecule has 0 aliphatic heterocycles. The zero-order valence-corrected chi connectivity index (χ0v) is 11.2. The summed E-state index contributed by atoms with van der Waals surface area (Å²) in [7, 11) is 0. The molecule has 4 heteroatoms. The number of aldehydes is 1. The topological polar surface area (TPSA) is 34.9 Å². The van der Waals surface area contributed by atoms with E-state index in [1.165, 1.54) is 12.3 Å². The van der Waals surface area contributed by atoms with Crippen LogP contribution in [-0.4, -0.2) is 15.8 Å². The van der Waals surface area contributed by atoms with Crippen molar-refractivity contribution in [3.05, 3.63) is 78.1 Å². The molecule has 0 spiro atoms. The number of imidazole rings is 1. The zero-order valence-electron chi connectivity index (χ0n) is 11.2. The first kappa shape index (κ1) is 13.2. The number of hydrogen-bond donors (Lipinski definition) is 0. The molecule has 0 unspecified atom stereocenters. The lowest BCUT2D eigenvalue weighted by atomic mass is 10.0. The largest absolute Gasteiger partial charge is 0.324 e. The predicted molar refractivity (Wildman–Crippen MR) is 78.6 cm³/mol. The van der Waals surface area contributed by atoms with Crippen LogP contribution in [0.1, 0.15) is 16.1 Å². The lowest BCUT2D eigenvalue weighted by Crippen LogP contribution is -2.02. The molecule has 104 valence electrons. The van der Waals surface area contributed by atoms with E-state index in [0.717, 1.165) is 17.4 Å². The highest BCUT2D eigenvalue weighted by molar-refractivity contribution is 5.71. The van der Waals surface area contributed by atoms with Crippen LogP contribution in [0.4, 0.5) is 4.39 Å². The summed E-state index contributed by atoms with van der Waals surface area (Å²) in [6, 6.07) is 14.5. The fourth-order valence-corrected chi connectivity index (χ4v) is 2.27. The average molecular weight is 280 g/mol. The molecular weight excluding hydrogens is 267 g/mol. The molecule has 21 heavy (non-hydrogen) atoms. The maximum Gasteiger partial charge on any atom is 0.168 e. The van der Waals surface area contributed by atoms with Crippen molar-refractivity contribution in [3.8, 4) is 11.1 Å². The Morgan fingerprint density at radius 3 is 2.67 bits per heavy atom. The Bertz CT molecular complexity index is 765. The highest BCUT2D eigenvalue weighted by atomic mass is 19.1. The molecule has 0 saturated carbocycles. The summed E-state index contributed by atoms with van der Waals surface area (Å²) in [6.45, 7) is 0.417. The van der Waals surface area contributed by atoms with Gasteiger partial charge in [-0.05, 0) is 17.2 Å². The van der Waals surface area contributed by atoms with Crippen LogP contribution in [0, 0.1) is 5.82 Å². The summed E-state index contributed by atoms with van der Waals surface area (Å²) >= 11 is 0. The molecule has 0 N–H and O–H groups in total. The van der Waals surface area contributed by atoms with E-state index in [0.29, 0.717) is 17.8 Å².